The number of alkyl halides is 3. The van der Waals surface area contributed by atoms with Gasteiger partial charge >= 0.3 is 6.18 Å². The van der Waals surface area contributed by atoms with Crippen molar-refractivity contribution >= 4 is 23.4 Å². The van der Waals surface area contributed by atoms with Gasteiger partial charge in [0.1, 0.15) is 0 Å². The Labute approximate surface area is 167 Å². The molecule has 5 nitrogen and oxygen atoms in total. The molecule has 3 rings (SSSR count). The molecule has 3 amide bonds. The van der Waals surface area contributed by atoms with Crippen molar-refractivity contribution in [3.8, 4) is 0 Å². The standard InChI is InChI=1S/C21H25F3N2O3/c1-19(2)15-9-10-20(19,3)18(29)26(17(15)28)11-5-8-16(27)25-14-7-4-6-13(12-14)21(22,23)24/h4,6-7,12,15H,5,8-11H2,1-3H3,(H,25,27). The van der Waals surface area contributed by atoms with Crippen LogP contribution < -0.4 is 5.32 Å². The zero-order chi connectivity index (χ0) is 21.6. The van der Waals surface area contributed by atoms with Crippen LogP contribution in [-0.4, -0.2) is 29.2 Å². The molecule has 0 spiro atoms. The fourth-order valence-electron chi connectivity index (χ4n) is 4.51. The van der Waals surface area contributed by atoms with Crippen molar-refractivity contribution in [1.29, 1.82) is 0 Å². The number of likely N-dealkylation sites (tertiary alicyclic amines) is 1. The molecule has 1 aliphatic heterocycles. The van der Waals surface area contributed by atoms with E-state index in [-0.39, 0.29) is 42.8 Å². The molecule has 1 N–H and O–H groups in total. The van der Waals surface area contributed by atoms with Gasteiger partial charge in [-0.05, 0) is 42.9 Å². The van der Waals surface area contributed by atoms with E-state index in [0.29, 0.717) is 12.8 Å². The fraction of sp³-hybridized carbons (Fsp3) is 0.571. The summed E-state index contributed by atoms with van der Waals surface area (Å²) in [5.74, 6) is -1.05. The third-order valence-electron chi connectivity index (χ3n) is 6.77. The molecule has 0 aromatic heterocycles. The van der Waals surface area contributed by atoms with Crippen LogP contribution >= 0.6 is 0 Å². The van der Waals surface area contributed by atoms with E-state index in [2.05, 4.69) is 5.32 Å². The molecular formula is C21H25F3N2O3. The Balaban J connectivity index is 1.57. The highest BCUT2D eigenvalue weighted by Gasteiger charge is 2.64. The molecule has 1 saturated carbocycles. The fourth-order valence-corrected chi connectivity index (χ4v) is 4.51. The predicted octanol–water partition coefficient (Wildman–Crippen LogP) is 4.24. The van der Waals surface area contributed by atoms with Gasteiger partial charge in [0.25, 0.3) is 0 Å². The Kier molecular flexibility index (Phi) is 5.26. The van der Waals surface area contributed by atoms with Gasteiger partial charge in [-0.2, -0.15) is 13.2 Å². The van der Waals surface area contributed by atoms with E-state index < -0.39 is 28.5 Å². The number of hydrogen-bond acceptors (Lipinski definition) is 3. The lowest BCUT2D eigenvalue weighted by molar-refractivity contribution is -0.168. The van der Waals surface area contributed by atoms with Crippen LogP contribution in [0.25, 0.3) is 0 Å². The van der Waals surface area contributed by atoms with Crippen molar-refractivity contribution in [2.45, 2.75) is 52.6 Å². The van der Waals surface area contributed by atoms with E-state index in [1.165, 1.54) is 17.0 Å². The van der Waals surface area contributed by atoms with Crippen LogP contribution in [0, 0.1) is 16.7 Å². The maximum Gasteiger partial charge on any atom is 0.416 e. The molecule has 8 heteroatoms. The Morgan fingerprint density at radius 2 is 1.93 bits per heavy atom. The third kappa shape index (κ3) is 3.65. The van der Waals surface area contributed by atoms with E-state index in [1.807, 2.05) is 20.8 Å². The van der Waals surface area contributed by atoms with Crippen molar-refractivity contribution in [3.05, 3.63) is 29.8 Å². The smallest absolute Gasteiger partial charge is 0.326 e. The van der Waals surface area contributed by atoms with Gasteiger partial charge in [-0.1, -0.05) is 26.8 Å². The second-order valence-electron chi connectivity index (χ2n) is 8.67. The van der Waals surface area contributed by atoms with Crippen molar-refractivity contribution < 1.29 is 27.6 Å². The number of carbonyl (C=O) groups is 3. The van der Waals surface area contributed by atoms with Crippen LogP contribution in [0.5, 0.6) is 0 Å². The van der Waals surface area contributed by atoms with E-state index in [4.69, 9.17) is 0 Å². The monoisotopic (exact) mass is 410 g/mol. The number of hydrogen-bond donors (Lipinski definition) is 1. The number of imide groups is 1. The molecule has 1 aromatic rings. The number of benzene rings is 1. The maximum atomic E-state index is 12.9. The zero-order valence-corrected chi connectivity index (χ0v) is 16.7. The first-order chi connectivity index (χ1) is 13.4. The van der Waals surface area contributed by atoms with Crippen LogP contribution in [-0.2, 0) is 20.6 Å². The van der Waals surface area contributed by atoms with Gasteiger partial charge in [-0.15, -0.1) is 0 Å². The summed E-state index contributed by atoms with van der Waals surface area (Å²) in [6.07, 6.45) is -2.88. The van der Waals surface area contributed by atoms with Crippen molar-refractivity contribution in [1.82, 2.24) is 4.90 Å². The second-order valence-corrected chi connectivity index (χ2v) is 8.67. The lowest BCUT2D eigenvalue weighted by Gasteiger charge is -2.47. The highest BCUT2D eigenvalue weighted by molar-refractivity contribution is 6.03. The van der Waals surface area contributed by atoms with Crippen molar-refractivity contribution in [3.63, 3.8) is 0 Å². The first-order valence-electron chi connectivity index (χ1n) is 9.71. The summed E-state index contributed by atoms with van der Waals surface area (Å²) in [7, 11) is 0. The van der Waals surface area contributed by atoms with Crippen molar-refractivity contribution in [2.24, 2.45) is 16.7 Å². The van der Waals surface area contributed by atoms with Crippen molar-refractivity contribution in [2.75, 3.05) is 11.9 Å². The first-order valence-corrected chi connectivity index (χ1v) is 9.71. The molecule has 2 unspecified atom stereocenters. The van der Waals surface area contributed by atoms with Gasteiger partial charge in [0.05, 0.1) is 11.0 Å². The normalized spacial score (nSPS) is 26.0. The minimum Gasteiger partial charge on any atom is -0.326 e. The van der Waals surface area contributed by atoms with E-state index >= 15 is 0 Å². The topological polar surface area (TPSA) is 66.5 Å². The number of piperidine rings is 1. The molecule has 2 fully saturated rings. The Bertz CT molecular complexity index is 850. The molecule has 0 radical (unpaired) electrons. The SMILES string of the molecule is CC12CCC(C(=O)N(CCCC(=O)Nc3cccc(C(F)(F)F)c3)C1=O)C2(C)C. The van der Waals surface area contributed by atoms with Crippen LogP contribution in [0.2, 0.25) is 0 Å². The molecule has 1 aliphatic carbocycles. The minimum absolute atomic E-state index is 0.00191. The molecule has 2 aliphatic rings. The summed E-state index contributed by atoms with van der Waals surface area (Å²) >= 11 is 0. The second kappa shape index (κ2) is 7.15. The summed E-state index contributed by atoms with van der Waals surface area (Å²) in [6.45, 7) is 5.95. The number of rotatable bonds is 5. The number of carbonyl (C=O) groups excluding carboxylic acids is 3. The summed E-state index contributed by atoms with van der Waals surface area (Å²) in [4.78, 5) is 39.0. The van der Waals surface area contributed by atoms with Gasteiger partial charge < -0.3 is 5.32 Å². The van der Waals surface area contributed by atoms with Gasteiger partial charge in [0.2, 0.25) is 17.7 Å². The molecule has 2 bridgehead atoms. The third-order valence-corrected chi connectivity index (χ3v) is 6.77. The van der Waals surface area contributed by atoms with Crippen LogP contribution in [0.4, 0.5) is 18.9 Å². The molecule has 2 atom stereocenters. The zero-order valence-electron chi connectivity index (χ0n) is 16.7. The van der Waals surface area contributed by atoms with Gasteiger partial charge in [0.15, 0.2) is 0 Å². The van der Waals surface area contributed by atoms with E-state index in [1.54, 1.807) is 0 Å². The molecule has 158 valence electrons. The number of nitrogens with zero attached hydrogens (tertiary/aromatic N) is 1. The lowest BCUT2D eigenvalue weighted by atomic mass is 9.62. The number of anilines is 1. The number of nitrogens with one attached hydrogen (secondary N) is 1. The average molecular weight is 410 g/mol. The highest BCUT2D eigenvalue weighted by Crippen LogP contribution is 2.60. The van der Waals surface area contributed by atoms with Crippen LogP contribution in [0.1, 0.15) is 52.0 Å². The van der Waals surface area contributed by atoms with Crippen LogP contribution in [0.3, 0.4) is 0 Å². The molecule has 1 heterocycles. The number of halogens is 3. The number of fused-ring (bicyclic) bond motifs is 2. The van der Waals surface area contributed by atoms with Crippen LogP contribution in [0.15, 0.2) is 24.3 Å². The lowest BCUT2D eigenvalue weighted by Crippen LogP contribution is -2.59. The molecule has 1 aromatic carbocycles. The summed E-state index contributed by atoms with van der Waals surface area (Å²) in [6, 6.07) is 4.41. The molecular weight excluding hydrogens is 385 g/mol. The number of amides is 3. The highest BCUT2D eigenvalue weighted by atomic mass is 19.4. The maximum absolute atomic E-state index is 12.9. The minimum atomic E-state index is -4.49. The van der Waals surface area contributed by atoms with Gasteiger partial charge in [-0.3, -0.25) is 19.3 Å². The Hall–Kier alpha value is -2.38. The predicted molar refractivity (Wildman–Crippen MR) is 101 cm³/mol. The van der Waals surface area contributed by atoms with Gasteiger partial charge in [-0.25, -0.2) is 0 Å². The molecule has 29 heavy (non-hydrogen) atoms. The van der Waals surface area contributed by atoms with E-state index in [9.17, 15) is 27.6 Å². The molecule has 1 saturated heterocycles. The summed E-state index contributed by atoms with van der Waals surface area (Å²) in [5.41, 5.74) is -1.77. The first kappa shape index (κ1) is 21.3. The summed E-state index contributed by atoms with van der Waals surface area (Å²) < 4.78 is 38.3. The largest absolute Gasteiger partial charge is 0.416 e. The summed E-state index contributed by atoms with van der Waals surface area (Å²) in [5, 5.41) is 2.44. The Morgan fingerprint density at radius 3 is 2.59 bits per heavy atom. The quantitative estimate of drug-likeness (QED) is 0.739. The van der Waals surface area contributed by atoms with Gasteiger partial charge in [0, 0.05) is 24.6 Å². The Morgan fingerprint density at radius 1 is 1.24 bits per heavy atom. The average Bonchev–Trinajstić information content (AvgIpc) is 2.81. The van der Waals surface area contributed by atoms with E-state index in [0.717, 1.165) is 12.1 Å².